The van der Waals surface area contributed by atoms with Crippen molar-refractivity contribution in [1.29, 1.82) is 0 Å². The van der Waals surface area contributed by atoms with Gasteiger partial charge >= 0.3 is 0 Å². The molecule has 0 N–H and O–H groups in total. The largest absolute Gasteiger partial charge is 0.295 e. The summed E-state index contributed by atoms with van der Waals surface area (Å²) in [6, 6.07) is 10.1. The SMILES string of the molecule is CCCCC(C(=O)/C=C/c1ccccc1)[Si](C)(C)C(C)(C)C. The van der Waals surface area contributed by atoms with Crippen LogP contribution in [0.1, 0.15) is 52.5 Å². The third-order valence-electron chi connectivity index (χ3n) is 5.23. The van der Waals surface area contributed by atoms with E-state index in [2.05, 4.69) is 40.8 Å². The zero-order chi connectivity index (χ0) is 16.8. The lowest BCUT2D eigenvalue weighted by Gasteiger charge is -2.42. The molecule has 0 aliphatic carbocycles. The molecule has 1 atom stereocenters. The van der Waals surface area contributed by atoms with Crippen LogP contribution in [0.5, 0.6) is 0 Å². The predicted molar refractivity (Wildman–Crippen MR) is 101 cm³/mol. The summed E-state index contributed by atoms with van der Waals surface area (Å²) in [5, 5.41) is 0.238. The monoisotopic (exact) mass is 316 g/mol. The number of allylic oxidation sites excluding steroid dienone is 1. The Hall–Kier alpha value is -1.15. The highest BCUT2D eigenvalue weighted by atomic mass is 28.3. The molecule has 1 rings (SSSR count). The maximum atomic E-state index is 12.9. The molecule has 0 saturated carbocycles. The van der Waals surface area contributed by atoms with Crippen molar-refractivity contribution in [3.05, 3.63) is 42.0 Å². The highest BCUT2D eigenvalue weighted by molar-refractivity contribution is 6.84. The summed E-state index contributed by atoms with van der Waals surface area (Å²) in [6.45, 7) is 13.8. The first kappa shape index (κ1) is 18.9. The van der Waals surface area contributed by atoms with Crippen LogP contribution in [0.2, 0.25) is 23.7 Å². The standard InChI is InChI=1S/C20H32OSi/c1-7-8-14-19(22(5,6)20(2,3)4)18(21)16-15-17-12-10-9-11-13-17/h9-13,15-16,19H,7-8,14H2,1-6H3/b16-15+. The fourth-order valence-corrected chi connectivity index (χ4v) is 5.43. The second-order valence-electron chi connectivity index (χ2n) is 7.81. The van der Waals surface area contributed by atoms with E-state index in [4.69, 9.17) is 0 Å². The molecule has 2 heteroatoms. The van der Waals surface area contributed by atoms with Crippen LogP contribution in [0.15, 0.2) is 36.4 Å². The molecular formula is C20H32OSi. The highest BCUT2D eigenvalue weighted by Crippen LogP contribution is 2.46. The van der Waals surface area contributed by atoms with Gasteiger partial charge in [0.15, 0.2) is 5.78 Å². The summed E-state index contributed by atoms with van der Waals surface area (Å²) < 4.78 is 0. The lowest BCUT2D eigenvalue weighted by Crippen LogP contribution is -2.45. The van der Waals surface area contributed by atoms with Crippen molar-refractivity contribution in [2.24, 2.45) is 0 Å². The second-order valence-corrected chi connectivity index (χ2v) is 13.5. The number of benzene rings is 1. The predicted octanol–water partition coefficient (Wildman–Crippen LogP) is 6.34. The minimum Gasteiger partial charge on any atom is -0.295 e. The molecule has 1 unspecified atom stereocenters. The molecule has 0 aromatic heterocycles. The summed E-state index contributed by atoms with van der Waals surface area (Å²) in [4.78, 5) is 12.9. The molecule has 1 nitrogen and oxygen atoms in total. The number of carbonyl (C=O) groups is 1. The molecular weight excluding hydrogens is 284 g/mol. The van der Waals surface area contributed by atoms with Crippen LogP contribution in [0, 0.1) is 0 Å². The summed E-state index contributed by atoms with van der Waals surface area (Å²) in [5.41, 5.74) is 1.31. The van der Waals surface area contributed by atoms with Crippen molar-refractivity contribution < 1.29 is 4.79 Å². The van der Waals surface area contributed by atoms with Gasteiger partial charge in [0.05, 0.1) is 8.07 Å². The Morgan fingerprint density at radius 3 is 2.27 bits per heavy atom. The zero-order valence-corrected chi connectivity index (χ0v) is 16.1. The van der Waals surface area contributed by atoms with Crippen molar-refractivity contribution in [2.45, 2.75) is 70.6 Å². The van der Waals surface area contributed by atoms with E-state index in [9.17, 15) is 4.79 Å². The first-order chi connectivity index (χ1) is 10.2. The quantitative estimate of drug-likeness (QED) is 0.424. The van der Waals surface area contributed by atoms with Gasteiger partial charge in [-0.15, -0.1) is 0 Å². The van der Waals surface area contributed by atoms with Crippen molar-refractivity contribution in [1.82, 2.24) is 0 Å². The van der Waals surface area contributed by atoms with E-state index in [-0.39, 0.29) is 10.6 Å². The third kappa shape index (κ3) is 4.94. The van der Waals surface area contributed by atoms with Crippen molar-refractivity contribution in [2.75, 3.05) is 0 Å². The maximum absolute atomic E-state index is 12.9. The molecule has 0 radical (unpaired) electrons. The molecule has 0 bridgehead atoms. The van der Waals surface area contributed by atoms with Crippen molar-refractivity contribution in [3.63, 3.8) is 0 Å². The molecule has 0 aliphatic rings. The fraction of sp³-hybridized carbons (Fsp3) is 0.550. The zero-order valence-electron chi connectivity index (χ0n) is 15.1. The van der Waals surface area contributed by atoms with E-state index in [1.54, 1.807) is 0 Å². The van der Waals surface area contributed by atoms with Gasteiger partial charge in [0, 0.05) is 5.54 Å². The third-order valence-corrected chi connectivity index (χ3v) is 11.4. The minimum atomic E-state index is -1.67. The van der Waals surface area contributed by atoms with Crippen LogP contribution in [0.3, 0.4) is 0 Å². The molecule has 1 aromatic rings. The summed E-state index contributed by atoms with van der Waals surface area (Å²) in [7, 11) is -1.67. The van der Waals surface area contributed by atoms with Crippen LogP contribution in [-0.2, 0) is 4.79 Å². The van der Waals surface area contributed by atoms with Gasteiger partial charge in [-0.1, -0.05) is 90.0 Å². The van der Waals surface area contributed by atoms with E-state index in [0.29, 0.717) is 5.78 Å². The van der Waals surface area contributed by atoms with Gasteiger partial charge in [0.2, 0.25) is 0 Å². The average Bonchev–Trinajstić information content (AvgIpc) is 2.45. The topological polar surface area (TPSA) is 17.1 Å². The van der Waals surface area contributed by atoms with Crippen LogP contribution >= 0.6 is 0 Å². The Morgan fingerprint density at radius 2 is 1.77 bits per heavy atom. The fourth-order valence-electron chi connectivity index (χ4n) is 2.65. The van der Waals surface area contributed by atoms with Gasteiger partial charge in [-0.05, 0) is 23.1 Å². The van der Waals surface area contributed by atoms with Gasteiger partial charge in [-0.3, -0.25) is 4.79 Å². The first-order valence-corrected chi connectivity index (χ1v) is 11.5. The Morgan fingerprint density at radius 1 is 1.18 bits per heavy atom. The maximum Gasteiger partial charge on any atom is 0.156 e. The van der Waals surface area contributed by atoms with Gasteiger partial charge < -0.3 is 0 Å². The van der Waals surface area contributed by atoms with Crippen LogP contribution in [-0.4, -0.2) is 13.9 Å². The number of unbranched alkanes of at least 4 members (excludes halogenated alkanes) is 1. The van der Waals surface area contributed by atoms with Crippen molar-refractivity contribution in [3.8, 4) is 0 Å². The molecule has 0 saturated heterocycles. The molecule has 1 aromatic carbocycles. The number of hydrogen-bond donors (Lipinski definition) is 0. The van der Waals surface area contributed by atoms with Gasteiger partial charge in [-0.2, -0.15) is 0 Å². The van der Waals surface area contributed by atoms with Gasteiger partial charge in [0.25, 0.3) is 0 Å². The van der Waals surface area contributed by atoms with Gasteiger partial charge in [-0.25, -0.2) is 0 Å². The second kappa shape index (κ2) is 7.91. The number of hydrogen-bond acceptors (Lipinski definition) is 1. The molecule has 122 valence electrons. The average molecular weight is 317 g/mol. The number of rotatable bonds is 7. The lowest BCUT2D eigenvalue weighted by molar-refractivity contribution is -0.114. The van der Waals surface area contributed by atoms with E-state index in [1.165, 1.54) is 0 Å². The van der Waals surface area contributed by atoms with Crippen LogP contribution < -0.4 is 0 Å². The van der Waals surface area contributed by atoms with E-state index in [1.807, 2.05) is 42.5 Å². The van der Waals surface area contributed by atoms with E-state index < -0.39 is 8.07 Å². The first-order valence-electron chi connectivity index (χ1n) is 8.47. The highest BCUT2D eigenvalue weighted by Gasteiger charge is 2.44. The van der Waals surface area contributed by atoms with E-state index >= 15 is 0 Å². The van der Waals surface area contributed by atoms with E-state index in [0.717, 1.165) is 24.8 Å². The lowest BCUT2D eigenvalue weighted by atomic mass is 10.1. The number of ketones is 1. The normalized spacial score (nSPS) is 14.3. The summed E-state index contributed by atoms with van der Waals surface area (Å²) in [6.07, 6.45) is 7.11. The molecule has 22 heavy (non-hydrogen) atoms. The van der Waals surface area contributed by atoms with Crippen molar-refractivity contribution >= 4 is 19.9 Å². The Labute approximate surface area is 137 Å². The molecule has 0 spiro atoms. The van der Waals surface area contributed by atoms with Gasteiger partial charge in [0.1, 0.15) is 0 Å². The summed E-state index contributed by atoms with van der Waals surface area (Å²) in [5.74, 6) is 0.323. The Bertz CT molecular complexity index is 494. The Balaban J connectivity index is 2.96. The number of carbonyl (C=O) groups excluding carboxylic acids is 1. The van der Waals surface area contributed by atoms with Crippen LogP contribution in [0.4, 0.5) is 0 Å². The smallest absolute Gasteiger partial charge is 0.156 e. The Kier molecular flexibility index (Phi) is 6.80. The minimum absolute atomic E-state index is 0.215. The molecule has 0 amide bonds. The molecule has 0 aliphatic heterocycles. The molecule has 0 fully saturated rings. The summed E-state index contributed by atoms with van der Waals surface area (Å²) >= 11 is 0. The molecule has 0 heterocycles. The van der Waals surface area contributed by atoms with Crippen LogP contribution in [0.25, 0.3) is 6.08 Å².